The maximum atomic E-state index is 11.5. The van der Waals surface area contributed by atoms with E-state index in [9.17, 15) is 14.4 Å². The third kappa shape index (κ3) is 2.70. The molecule has 1 fully saturated rings. The molecule has 1 saturated heterocycles. The lowest BCUT2D eigenvalue weighted by molar-refractivity contribution is -0.124. The Morgan fingerprint density at radius 1 is 1.61 bits per heavy atom. The molecular weight excluding hydrogens is 258 g/mol. The van der Waals surface area contributed by atoms with Gasteiger partial charge in [0.25, 0.3) is 11.1 Å². The van der Waals surface area contributed by atoms with Crippen LogP contribution in [-0.4, -0.2) is 45.8 Å². The van der Waals surface area contributed by atoms with Gasteiger partial charge in [-0.05, 0) is 6.92 Å². The van der Waals surface area contributed by atoms with E-state index in [1.165, 1.54) is 6.20 Å². The van der Waals surface area contributed by atoms with Crippen LogP contribution in [-0.2, 0) is 4.79 Å². The number of amides is 3. The molecule has 1 aliphatic heterocycles. The smallest absolute Gasteiger partial charge is 0.307 e. The Morgan fingerprint density at radius 2 is 2.39 bits per heavy atom. The standard InChI is InChI=1S/C10H11N3O4S/c1-6-4-12-9(17-6)8(15)11-2-3-13-7(14)5-18-10(13)16/h4H,2-3,5H2,1H3,(H,11,15). The number of aryl methyl sites for hydroxylation is 1. The lowest BCUT2D eigenvalue weighted by Gasteiger charge is -2.12. The van der Waals surface area contributed by atoms with Gasteiger partial charge < -0.3 is 9.73 Å². The number of imide groups is 1. The van der Waals surface area contributed by atoms with Gasteiger partial charge >= 0.3 is 5.91 Å². The minimum atomic E-state index is -0.463. The van der Waals surface area contributed by atoms with Crippen LogP contribution in [0.15, 0.2) is 10.6 Å². The zero-order chi connectivity index (χ0) is 13.1. The first kappa shape index (κ1) is 12.6. The lowest BCUT2D eigenvalue weighted by Crippen LogP contribution is -2.37. The number of nitrogens with zero attached hydrogens (tertiary/aromatic N) is 2. The Balaban J connectivity index is 1.80. The Bertz CT molecular complexity index is 483. The van der Waals surface area contributed by atoms with Crippen LogP contribution < -0.4 is 5.32 Å². The van der Waals surface area contributed by atoms with Crippen molar-refractivity contribution in [3.63, 3.8) is 0 Å². The number of hydrogen-bond acceptors (Lipinski definition) is 6. The molecule has 2 heterocycles. The van der Waals surface area contributed by atoms with Crippen LogP contribution in [0.5, 0.6) is 0 Å². The zero-order valence-corrected chi connectivity index (χ0v) is 10.5. The van der Waals surface area contributed by atoms with Crippen LogP contribution in [0.3, 0.4) is 0 Å². The molecule has 1 N–H and O–H groups in total. The van der Waals surface area contributed by atoms with Gasteiger partial charge in [-0.3, -0.25) is 19.3 Å². The van der Waals surface area contributed by atoms with Gasteiger partial charge in [0.05, 0.1) is 11.9 Å². The van der Waals surface area contributed by atoms with E-state index in [-0.39, 0.29) is 35.9 Å². The Hall–Kier alpha value is -1.83. The first-order chi connectivity index (χ1) is 8.58. The van der Waals surface area contributed by atoms with Crippen molar-refractivity contribution >= 4 is 28.8 Å². The van der Waals surface area contributed by atoms with Crippen molar-refractivity contribution in [3.8, 4) is 0 Å². The number of hydrogen-bond donors (Lipinski definition) is 1. The van der Waals surface area contributed by atoms with Gasteiger partial charge in [-0.15, -0.1) is 0 Å². The molecule has 0 bridgehead atoms. The normalized spacial score (nSPS) is 15.3. The number of thioether (sulfide) groups is 1. The molecule has 0 spiro atoms. The molecule has 7 nitrogen and oxygen atoms in total. The molecule has 96 valence electrons. The van der Waals surface area contributed by atoms with Crippen molar-refractivity contribution in [3.05, 3.63) is 17.8 Å². The summed E-state index contributed by atoms with van der Waals surface area (Å²) in [5, 5.41) is 2.25. The summed E-state index contributed by atoms with van der Waals surface area (Å²) in [6.07, 6.45) is 1.44. The molecule has 18 heavy (non-hydrogen) atoms. The summed E-state index contributed by atoms with van der Waals surface area (Å²) in [5.41, 5.74) is 0. The van der Waals surface area contributed by atoms with E-state index in [1.807, 2.05) is 0 Å². The van der Waals surface area contributed by atoms with Gasteiger partial charge in [0.2, 0.25) is 5.91 Å². The van der Waals surface area contributed by atoms with Crippen LogP contribution in [0, 0.1) is 6.92 Å². The third-order valence-corrected chi connectivity index (χ3v) is 3.14. The molecule has 0 atom stereocenters. The highest BCUT2D eigenvalue weighted by atomic mass is 32.2. The second kappa shape index (κ2) is 5.21. The molecule has 1 aliphatic rings. The summed E-state index contributed by atoms with van der Waals surface area (Å²) < 4.78 is 5.04. The number of carbonyl (C=O) groups excluding carboxylic acids is 3. The van der Waals surface area contributed by atoms with Crippen molar-refractivity contribution in [2.75, 3.05) is 18.8 Å². The van der Waals surface area contributed by atoms with Gasteiger partial charge in [-0.25, -0.2) is 4.98 Å². The van der Waals surface area contributed by atoms with Gasteiger partial charge in [0, 0.05) is 13.1 Å². The van der Waals surface area contributed by atoms with Gasteiger partial charge in [0.15, 0.2) is 0 Å². The van der Waals surface area contributed by atoms with Crippen molar-refractivity contribution in [2.45, 2.75) is 6.92 Å². The Kier molecular flexibility index (Phi) is 3.66. The first-order valence-electron chi connectivity index (χ1n) is 5.25. The monoisotopic (exact) mass is 269 g/mol. The first-order valence-corrected chi connectivity index (χ1v) is 6.24. The second-order valence-corrected chi connectivity index (χ2v) is 4.56. The van der Waals surface area contributed by atoms with Gasteiger partial charge in [-0.2, -0.15) is 0 Å². The van der Waals surface area contributed by atoms with E-state index in [1.54, 1.807) is 6.92 Å². The number of carbonyl (C=O) groups is 3. The number of nitrogens with one attached hydrogen (secondary N) is 1. The average molecular weight is 269 g/mol. The van der Waals surface area contributed by atoms with Crippen LogP contribution in [0.25, 0.3) is 0 Å². The summed E-state index contributed by atoms with van der Waals surface area (Å²) in [5.74, 6) is -0.00501. The van der Waals surface area contributed by atoms with E-state index in [2.05, 4.69) is 10.3 Å². The summed E-state index contributed by atoms with van der Waals surface area (Å²) in [7, 11) is 0. The summed E-state index contributed by atoms with van der Waals surface area (Å²) >= 11 is 0.966. The Labute approximate surface area is 107 Å². The van der Waals surface area contributed by atoms with Crippen molar-refractivity contribution in [1.82, 2.24) is 15.2 Å². The molecule has 3 amide bonds. The van der Waals surface area contributed by atoms with Crippen LogP contribution in [0.4, 0.5) is 4.79 Å². The molecular formula is C10H11N3O4S. The Morgan fingerprint density at radius 3 is 2.94 bits per heavy atom. The second-order valence-electron chi connectivity index (χ2n) is 3.63. The van der Waals surface area contributed by atoms with Crippen LogP contribution in [0.1, 0.15) is 16.4 Å². The van der Waals surface area contributed by atoms with E-state index < -0.39 is 5.91 Å². The molecule has 0 aromatic carbocycles. The van der Waals surface area contributed by atoms with E-state index in [0.29, 0.717) is 5.76 Å². The van der Waals surface area contributed by atoms with Crippen molar-refractivity contribution < 1.29 is 18.8 Å². The van der Waals surface area contributed by atoms with Gasteiger partial charge in [0.1, 0.15) is 5.76 Å². The molecule has 0 aliphatic carbocycles. The maximum Gasteiger partial charge on any atom is 0.307 e. The number of aromatic nitrogens is 1. The largest absolute Gasteiger partial charge is 0.438 e. The minimum absolute atomic E-state index is 0.0269. The summed E-state index contributed by atoms with van der Waals surface area (Å²) in [6, 6.07) is 0. The molecule has 0 unspecified atom stereocenters. The average Bonchev–Trinajstić information content (AvgIpc) is 2.89. The molecule has 1 aromatic heterocycles. The van der Waals surface area contributed by atoms with E-state index >= 15 is 0 Å². The third-order valence-electron chi connectivity index (χ3n) is 2.28. The van der Waals surface area contributed by atoms with Gasteiger partial charge in [-0.1, -0.05) is 11.8 Å². The highest BCUT2D eigenvalue weighted by Crippen LogP contribution is 2.17. The highest BCUT2D eigenvalue weighted by Gasteiger charge is 2.29. The van der Waals surface area contributed by atoms with E-state index in [0.717, 1.165) is 16.7 Å². The minimum Gasteiger partial charge on any atom is -0.438 e. The predicted octanol–water partition coefficient (Wildman–Crippen LogP) is 0.408. The summed E-state index contributed by atoms with van der Waals surface area (Å²) in [4.78, 5) is 38.9. The highest BCUT2D eigenvalue weighted by molar-refractivity contribution is 8.14. The molecule has 1 aromatic rings. The molecule has 0 radical (unpaired) electrons. The fourth-order valence-electron chi connectivity index (χ4n) is 1.41. The topological polar surface area (TPSA) is 92.5 Å². The maximum absolute atomic E-state index is 11.5. The zero-order valence-electron chi connectivity index (χ0n) is 9.63. The van der Waals surface area contributed by atoms with Crippen LogP contribution in [0.2, 0.25) is 0 Å². The van der Waals surface area contributed by atoms with Crippen LogP contribution >= 0.6 is 11.8 Å². The predicted molar refractivity (Wildman–Crippen MR) is 63.1 cm³/mol. The molecule has 0 saturated carbocycles. The lowest BCUT2D eigenvalue weighted by atomic mass is 10.5. The SMILES string of the molecule is Cc1cnc(C(=O)NCCN2C(=O)CSC2=O)o1. The van der Waals surface area contributed by atoms with Crippen molar-refractivity contribution in [1.29, 1.82) is 0 Å². The fourth-order valence-corrected chi connectivity index (χ4v) is 2.17. The summed E-state index contributed by atoms with van der Waals surface area (Å²) in [6.45, 7) is 2.02. The van der Waals surface area contributed by atoms with E-state index in [4.69, 9.17) is 4.42 Å². The quantitative estimate of drug-likeness (QED) is 0.851. The fraction of sp³-hybridized carbons (Fsp3) is 0.400. The number of oxazole rings is 1. The number of rotatable bonds is 4. The van der Waals surface area contributed by atoms with Crippen molar-refractivity contribution in [2.24, 2.45) is 0 Å². The molecule has 2 rings (SSSR count). The molecule has 8 heteroatoms.